The molecular formula is C11H11N5O2. The molecule has 0 spiro atoms. The first-order valence-corrected chi connectivity index (χ1v) is 5.28. The first-order chi connectivity index (χ1) is 8.66. The second kappa shape index (κ2) is 5.17. The van der Waals surface area contributed by atoms with E-state index < -0.39 is 0 Å². The molecule has 2 N–H and O–H groups in total. The van der Waals surface area contributed by atoms with Crippen LogP contribution in [0.15, 0.2) is 29.2 Å². The second-order valence-corrected chi connectivity index (χ2v) is 3.58. The number of aromatic nitrogens is 4. The predicted molar refractivity (Wildman–Crippen MR) is 64.4 cm³/mol. The first kappa shape index (κ1) is 11.9. The van der Waals surface area contributed by atoms with Crippen LogP contribution in [-0.4, -0.2) is 32.5 Å². The number of hydrogen-bond acceptors (Lipinski definition) is 6. The lowest BCUT2D eigenvalue weighted by atomic mass is 10.2. The minimum Gasteiger partial charge on any atom is -0.347 e. The van der Waals surface area contributed by atoms with Crippen LogP contribution in [0.4, 0.5) is 5.95 Å². The van der Waals surface area contributed by atoms with Crippen LogP contribution >= 0.6 is 0 Å². The molecule has 0 fully saturated rings. The highest BCUT2D eigenvalue weighted by atomic mass is 16.1. The van der Waals surface area contributed by atoms with Crippen LogP contribution in [0.1, 0.15) is 16.2 Å². The summed E-state index contributed by atoms with van der Waals surface area (Å²) in [7, 11) is 0. The molecule has 0 aliphatic heterocycles. The number of rotatable bonds is 4. The van der Waals surface area contributed by atoms with Gasteiger partial charge in [0.25, 0.3) is 5.56 Å². The van der Waals surface area contributed by atoms with E-state index in [1.54, 1.807) is 31.3 Å². The van der Waals surface area contributed by atoms with E-state index in [9.17, 15) is 9.59 Å². The first-order valence-electron chi connectivity index (χ1n) is 5.28. The normalized spacial score (nSPS) is 10.1. The molecule has 0 bridgehead atoms. The summed E-state index contributed by atoms with van der Waals surface area (Å²) in [6.45, 7) is 1.54. The van der Waals surface area contributed by atoms with Crippen molar-refractivity contribution in [1.29, 1.82) is 0 Å². The number of anilines is 1. The van der Waals surface area contributed by atoms with Crippen molar-refractivity contribution in [2.45, 2.75) is 6.92 Å². The lowest BCUT2D eigenvalue weighted by Crippen LogP contribution is -2.21. The van der Waals surface area contributed by atoms with Crippen LogP contribution in [0.3, 0.4) is 0 Å². The second-order valence-electron chi connectivity index (χ2n) is 3.58. The van der Waals surface area contributed by atoms with E-state index >= 15 is 0 Å². The summed E-state index contributed by atoms with van der Waals surface area (Å²) in [6, 6.07) is 5.08. The van der Waals surface area contributed by atoms with Gasteiger partial charge in [-0.2, -0.15) is 0 Å². The van der Waals surface area contributed by atoms with E-state index in [-0.39, 0.29) is 29.5 Å². The number of H-pyrrole nitrogens is 1. The number of nitrogens with one attached hydrogen (secondary N) is 2. The maximum atomic E-state index is 11.7. The summed E-state index contributed by atoms with van der Waals surface area (Å²) in [5.74, 6) is -0.0336. The number of hydrogen-bond donors (Lipinski definition) is 2. The van der Waals surface area contributed by atoms with E-state index in [1.807, 2.05) is 0 Å². The molecule has 2 aromatic heterocycles. The zero-order valence-electron chi connectivity index (χ0n) is 9.67. The van der Waals surface area contributed by atoms with Crippen LogP contribution in [0.2, 0.25) is 0 Å². The van der Waals surface area contributed by atoms with Gasteiger partial charge in [0, 0.05) is 6.20 Å². The Morgan fingerprint density at radius 1 is 1.39 bits per heavy atom. The predicted octanol–water partition coefficient (Wildman–Crippen LogP) is 0.163. The monoisotopic (exact) mass is 245 g/mol. The highest BCUT2D eigenvalue weighted by Crippen LogP contribution is 1.97. The van der Waals surface area contributed by atoms with Gasteiger partial charge in [0.2, 0.25) is 5.95 Å². The Balaban J connectivity index is 2.02. The molecule has 0 aliphatic carbocycles. The van der Waals surface area contributed by atoms with E-state index in [1.165, 1.54) is 0 Å². The number of aryl methyl sites for hydroxylation is 1. The lowest BCUT2D eigenvalue weighted by Gasteiger charge is -2.03. The average molecular weight is 245 g/mol. The highest BCUT2D eigenvalue weighted by Gasteiger charge is 2.07. The van der Waals surface area contributed by atoms with Gasteiger partial charge >= 0.3 is 0 Å². The molecule has 7 heteroatoms. The van der Waals surface area contributed by atoms with Crippen molar-refractivity contribution in [3.63, 3.8) is 0 Å². The third kappa shape index (κ3) is 2.76. The molecule has 0 radical (unpaired) electrons. The summed E-state index contributed by atoms with van der Waals surface area (Å²) < 4.78 is 0. The van der Waals surface area contributed by atoms with E-state index in [0.29, 0.717) is 5.69 Å². The summed E-state index contributed by atoms with van der Waals surface area (Å²) in [4.78, 5) is 29.4. The molecule has 0 amide bonds. The number of ketones is 1. The van der Waals surface area contributed by atoms with Gasteiger partial charge < -0.3 is 5.32 Å². The number of carbonyl (C=O) groups is 1. The Labute approximate surface area is 102 Å². The van der Waals surface area contributed by atoms with Crippen molar-refractivity contribution in [3.05, 3.63) is 46.1 Å². The summed E-state index contributed by atoms with van der Waals surface area (Å²) in [6.07, 6.45) is 1.54. The number of aromatic amines is 1. The number of carbonyl (C=O) groups excluding carboxylic acids is 1. The van der Waals surface area contributed by atoms with Gasteiger partial charge in [-0.3, -0.25) is 19.6 Å². The lowest BCUT2D eigenvalue weighted by molar-refractivity contribution is 0.100. The Morgan fingerprint density at radius 2 is 2.22 bits per heavy atom. The smallest absolute Gasteiger partial charge is 0.273 e. The molecule has 0 atom stereocenters. The van der Waals surface area contributed by atoms with E-state index in [4.69, 9.17) is 0 Å². The minimum absolute atomic E-state index is 0.00923. The Kier molecular flexibility index (Phi) is 3.42. The minimum atomic E-state index is -0.335. The molecular weight excluding hydrogens is 234 g/mol. The van der Waals surface area contributed by atoms with Gasteiger partial charge in [0.1, 0.15) is 11.4 Å². The van der Waals surface area contributed by atoms with Gasteiger partial charge in [0.15, 0.2) is 5.78 Å². The van der Waals surface area contributed by atoms with E-state index in [0.717, 1.165) is 0 Å². The topological polar surface area (TPSA) is 101 Å². The third-order valence-electron chi connectivity index (χ3n) is 2.23. The Hall–Kier alpha value is -2.57. The highest BCUT2D eigenvalue weighted by molar-refractivity contribution is 5.96. The fraction of sp³-hybridized carbons (Fsp3) is 0.182. The van der Waals surface area contributed by atoms with Crippen LogP contribution in [0.25, 0.3) is 0 Å². The van der Waals surface area contributed by atoms with Crippen molar-refractivity contribution in [3.8, 4) is 0 Å². The van der Waals surface area contributed by atoms with E-state index in [2.05, 4.69) is 25.5 Å². The Bertz CT molecular complexity index is 608. The fourth-order valence-corrected chi connectivity index (χ4v) is 1.26. The van der Waals surface area contributed by atoms with Crippen LogP contribution < -0.4 is 10.9 Å². The molecule has 0 aliphatic rings. The number of Topliss-reactive ketones (excluding diaryl/α,β-unsaturated/α-hetero) is 1. The van der Waals surface area contributed by atoms with Gasteiger partial charge in [-0.15, -0.1) is 10.2 Å². The van der Waals surface area contributed by atoms with Gasteiger partial charge in [-0.1, -0.05) is 6.07 Å². The maximum absolute atomic E-state index is 11.7. The molecule has 7 nitrogen and oxygen atoms in total. The van der Waals surface area contributed by atoms with Crippen LogP contribution in [0, 0.1) is 6.92 Å². The van der Waals surface area contributed by atoms with Crippen molar-refractivity contribution < 1.29 is 4.79 Å². The van der Waals surface area contributed by atoms with Crippen LogP contribution in [-0.2, 0) is 0 Å². The molecule has 2 heterocycles. The van der Waals surface area contributed by atoms with Gasteiger partial charge in [-0.25, -0.2) is 0 Å². The summed E-state index contributed by atoms with van der Waals surface area (Å²) >= 11 is 0. The van der Waals surface area contributed by atoms with Gasteiger partial charge in [0.05, 0.1) is 6.54 Å². The molecule has 0 unspecified atom stereocenters. The third-order valence-corrected chi connectivity index (χ3v) is 2.23. The fourth-order valence-electron chi connectivity index (χ4n) is 1.26. The number of nitrogens with zero attached hydrogens (tertiary/aromatic N) is 3. The molecule has 0 saturated heterocycles. The molecule has 92 valence electrons. The molecule has 2 rings (SSSR count). The quantitative estimate of drug-likeness (QED) is 0.744. The van der Waals surface area contributed by atoms with Crippen molar-refractivity contribution in [2.75, 3.05) is 11.9 Å². The molecule has 2 aromatic rings. The standard InChI is InChI=1S/C11H11N5O2/c1-7-10(18)14-11(16-15-7)13-6-9(17)8-4-2-3-5-12-8/h2-5H,6H2,1H3,(H2,13,14,16,18). The molecule has 18 heavy (non-hydrogen) atoms. The van der Waals surface area contributed by atoms with Crippen molar-refractivity contribution >= 4 is 11.7 Å². The zero-order chi connectivity index (χ0) is 13.0. The summed E-state index contributed by atoms with van der Waals surface area (Å²) in [5.41, 5.74) is 0.293. The van der Waals surface area contributed by atoms with Crippen molar-refractivity contribution in [2.24, 2.45) is 0 Å². The van der Waals surface area contributed by atoms with Gasteiger partial charge in [-0.05, 0) is 19.1 Å². The SMILES string of the molecule is Cc1nnc(NCC(=O)c2ccccn2)[nH]c1=O. The Morgan fingerprint density at radius 3 is 2.89 bits per heavy atom. The molecule has 0 saturated carbocycles. The average Bonchev–Trinajstić information content (AvgIpc) is 2.41. The maximum Gasteiger partial charge on any atom is 0.273 e. The zero-order valence-corrected chi connectivity index (χ0v) is 9.67. The van der Waals surface area contributed by atoms with Crippen LogP contribution in [0.5, 0.6) is 0 Å². The summed E-state index contributed by atoms with van der Waals surface area (Å²) in [5, 5.41) is 10.1. The molecule has 0 aromatic carbocycles. The van der Waals surface area contributed by atoms with Crippen molar-refractivity contribution in [1.82, 2.24) is 20.2 Å². The number of pyridine rings is 1. The largest absolute Gasteiger partial charge is 0.347 e.